The first-order chi connectivity index (χ1) is 12.0. The molecule has 0 spiro atoms. The fourth-order valence-corrected chi connectivity index (χ4v) is 3.69. The number of nitrogens with one attached hydrogen (secondary N) is 1. The molecule has 1 aliphatic rings. The molecule has 0 heterocycles. The SMILES string of the molecule is CN(C)CC(Cc1ccccc1)NC(=O)C1CC1c1ccccc1Cl. The third-order valence-corrected chi connectivity index (χ3v) is 5.03. The molecule has 2 aromatic rings. The Morgan fingerprint density at radius 2 is 1.84 bits per heavy atom. The van der Waals surface area contributed by atoms with E-state index in [0.29, 0.717) is 0 Å². The van der Waals surface area contributed by atoms with E-state index in [0.717, 1.165) is 30.0 Å². The summed E-state index contributed by atoms with van der Waals surface area (Å²) in [5.74, 6) is 0.443. The Bertz CT molecular complexity index is 717. The predicted molar refractivity (Wildman–Crippen MR) is 103 cm³/mol. The standard InChI is InChI=1S/C21H25ClN2O/c1-24(2)14-16(12-15-8-4-3-5-9-15)23-21(25)19-13-18(19)17-10-6-7-11-20(17)22/h3-11,16,18-19H,12-14H2,1-2H3,(H,23,25). The molecule has 0 saturated heterocycles. The molecular formula is C21H25ClN2O. The Hall–Kier alpha value is -1.84. The number of hydrogen-bond acceptors (Lipinski definition) is 2. The zero-order chi connectivity index (χ0) is 17.8. The van der Waals surface area contributed by atoms with Gasteiger partial charge in [0.2, 0.25) is 5.91 Å². The summed E-state index contributed by atoms with van der Waals surface area (Å²) in [4.78, 5) is 14.8. The zero-order valence-corrected chi connectivity index (χ0v) is 15.5. The highest BCUT2D eigenvalue weighted by Crippen LogP contribution is 2.49. The minimum atomic E-state index is 0.0420. The van der Waals surface area contributed by atoms with Crippen LogP contribution in [0.2, 0.25) is 5.02 Å². The van der Waals surface area contributed by atoms with Gasteiger partial charge >= 0.3 is 0 Å². The van der Waals surface area contributed by atoms with E-state index in [1.165, 1.54) is 5.56 Å². The second-order valence-electron chi connectivity index (χ2n) is 7.13. The van der Waals surface area contributed by atoms with Crippen LogP contribution in [0.3, 0.4) is 0 Å². The molecule has 25 heavy (non-hydrogen) atoms. The number of nitrogens with zero attached hydrogens (tertiary/aromatic N) is 1. The lowest BCUT2D eigenvalue weighted by atomic mass is 10.0. The molecule has 1 amide bonds. The average molecular weight is 357 g/mol. The largest absolute Gasteiger partial charge is 0.351 e. The summed E-state index contributed by atoms with van der Waals surface area (Å²) >= 11 is 6.27. The number of amides is 1. The predicted octanol–water partition coefficient (Wildman–Crippen LogP) is 3.73. The van der Waals surface area contributed by atoms with Crippen molar-refractivity contribution in [3.8, 4) is 0 Å². The Kier molecular flexibility index (Phi) is 5.77. The van der Waals surface area contributed by atoms with Gasteiger partial charge in [0, 0.05) is 23.5 Å². The van der Waals surface area contributed by atoms with E-state index in [4.69, 9.17) is 11.6 Å². The van der Waals surface area contributed by atoms with Crippen molar-refractivity contribution in [2.24, 2.45) is 5.92 Å². The maximum absolute atomic E-state index is 12.7. The summed E-state index contributed by atoms with van der Waals surface area (Å²) in [7, 11) is 4.07. The molecule has 0 aliphatic heterocycles. The zero-order valence-electron chi connectivity index (χ0n) is 14.8. The van der Waals surface area contributed by atoms with Crippen LogP contribution in [0.4, 0.5) is 0 Å². The maximum Gasteiger partial charge on any atom is 0.224 e. The molecule has 1 fully saturated rings. The lowest BCUT2D eigenvalue weighted by Crippen LogP contribution is -2.44. The Labute approximate surface area is 155 Å². The van der Waals surface area contributed by atoms with Crippen LogP contribution in [-0.2, 0) is 11.2 Å². The van der Waals surface area contributed by atoms with E-state index in [1.807, 2.05) is 56.6 Å². The second kappa shape index (κ2) is 8.03. The number of hydrogen-bond donors (Lipinski definition) is 1. The molecule has 3 nitrogen and oxygen atoms in total. The Morgan fingerprint density at radius 3 is 2.52 bits per heavy atom. The van der Waals surface area contributed by atoms with Gasteiger partial charge in [0.15, 0.2) is 0 Å². The first-order valence-corrected chi connectivity index (χ1v) is 9.16. The minimum absolute atomic E-state index is 0.0420. The van der Waals surface area contributed by atoms with E-state index in [2.05, 4.69) is 22.3 Å². The fourth-order valence-electron chi connectivity index (χ4n) is 3.41. The summed E-state index contributed by atoms with van der Waals surface area (Å²) < 4.78 is 0. The van der Waals surface area contributed by atoms with Crippen LogP contribution in [0, 0.1) is 5.92 Å². The summed E-state index contributed by atoms with van der Waals surface area (Å²) in [5.41, 5.74) is 2.34. The first-order valence-electron chi connectivity index (χ1n) is 8.78. The van der Waals surface area contributed by atoms with Gasteiger partial charge in [-0.05, 0) is 50.0 Å². The quantitative estimate of drug-likeness (QED) is 0.819. The first kappa shape index (κ1) is 18.0. The number of halogens is 1. The van der Waals surface area contributed by atoms with Crippen LogP contribution >= 0.6 is 11.6 Å². The summed E-state index contributed by atoms with van der Waals surface area (Å²) in [5, 5.41) is 4.02. The van der Waals surface area contributed by atoms with Gasteiger partial charge in [-0.2, -0.15) is 0 Å². The van der Waals surface area contributed by atoms with Crippen molar-refractivity contribution in [2.45, 2.75) is 24.8 Å². The van der Waals surface area contributed by atoms with Gasteiger partial charge in [0.05, 0.1) is 0 Å². The van der Waals surface area contributed by atoms with Crippen molar-refractivity contribution in [1.82, 2.24) is 10.2 Å². The number of likely N-dealkylation sites (N-methyl/N-ethyl adjacent to an activating group) is 1. The molecule has 0 bridgehead atoms. The molecule has 3 unspecified atom stereocenters. The molecule has 3 rings (SSSR count). The second-order valence-corrected chi connectivity index (χ2v) is 7.53. The van der Waals surface area contributed by atoms with E-state index in [-0.39, 0.29) is 23.8 Å². The lowest BCUT2D eigenvalue weighted by molar-refractivity contribution is -0.123. The summed E-state index contributed by atoms with van der Waals surface area (Å²) in [6, 6.07) is 18.3. The molecule has 1 N–H and O–H groups in total. The smallest absolute Gasteiger partial charge is 0.224 e. The van der Waals surface area contributed by atoms with Crippen LogP contribution in [0.15, 0.2) is 54.6 Å². The van der Waals surface area contributed by atoms with E-state index < -0.39 is 0 Å². The van der Waals surface area contributed by atoms with Crippen molar-refractivity contribution in [1.29, 1.82) is 0 Å². The topological polar surface area (TPSA) is 32.3 Å². The molecule has 132 valence electrons. The Balaban J connectivity index is 1.62. The van der Waals surface area contributed by atoms with Gasteiger partial charge < -0.3 is 10.2 Å². The molecule has 3 atom stereocenters. The molecule has 0 aromatic heterocycles. The van der Waals surface area contributed by atoms with Crippen LogP contribution in [0.1, 0.15) is 23.5 Å². The number of carbonyl (C=O) groups excluding carboxylic acids is 1. The van der Waals surface area contributed by atoms with E-state index >= 15 is 0 Å². The number of rotatable bonds is 7. The van der Waals surface area contributed by atoms with Gasteiger partial charge in [-0.25, -0.2) is 0 Å². The van der Waals surface area contributed by atoms with Crippen LogP contribution < -0.4 is 5.32 Å². The number of carbonyl (C=O) groups is 1. The Morgan fingerprint density at radius 1 is 1.16 bits per heavy atom. The highest BCUT2D eigenvalue weighted by Gasteiger charge is 2.45. The highest BCUT2D eigenvalue weighted by molar-refractivity contribution is 6.31. The van der Waals surface area contributed by atoms with Gasteiger partial charge in [-0.15, -0.1) is 0 Å². The minimum Gasteiger partial charge on any atom is -0.351 e. The van der Waals surface area contributed by atoms with Crippen molar-refractivity contribution >= 4 is 17.5 Å². The summed E-state index contributed by atoms with van der Waals surface area (Å²) in [6.45, 7) is 0.824. The molecule has 0 radical (unpaired) electrons. The molecule has 2 aromatic carbocycles. The van der Waals surface area contributed by atoms with Gasteiger partial charge in [-0.3, -0.25) is 4.79 Å². The van der Waals surface area contributed by atoms with Crippen LogP contribution in [-0.4, -0.2) is 37.5 Å². The van der Waals surface area contributed by atoms with Crippen molar-refractivity contribution < 1.29 is 4.79 Å². The third kappa shape index (κ3) is 4.83. The van der Waals surface area contributed by atoms with E-state index in [9.17, 15) is 4.79 Å². The van der Waals surface area contributed by atoms with Crippen molar-refractivity contribution in [2.75, 3.05) is 20.6 Å². The van der Waals surface area contributed by atoms with Gasteiger partial charge in [-0.1, -0.05) is 60.1 Å². The number of benzene rings is 2. The third-order valence-electron chi connectivity index (χ3n) is 4.69. The van der Waals surface area contributed by atoms with Gasteiger partial charge in [0.25, 0.3) is 0 Å². The fraction of sp³-hybridized carbons (Fsp3) is 0.381. The van der Waals surface area contributed by atoms with Crippen molar-refractivity contribution in [3.05, 3.63) is 70.7 Å². The highest BCUT2D eigenvalue weighted by atomic mass is 35.5. The molecule has 1 aliphatic carbocycles. The molecule has 4 heteroatoms. The lowest BCUT2D eigenvalue weighted by Gasteiger charge is -2.22. The van der Waals surface area contributed by atoms with Crippen LogP contribution in [0.5, 0.6) is 0 Å². The summed E-state index contributed by atoms with van der Waals surface area (Å²) in [6.07, 6.45) is 1.73. The maximum atomic E-state index is 12.7. The van der Waals surface area contributed by atoms with Crippen LogP contribution in [0.25, 0.3) is 0 Å². The molecule has 1 saturated carbocycles. The monoisotopic (exact) mass is 356 g/mol. The molecular weight excluding hydrogens is 332 g/mol. The van der Waals surface area contributed by atoms with Crippen molar-refractivity contribution in [3.63, 3.8) is 0 Å². The van der Waals surface area contributed by atoms with Gasteiger partial charge in [0.1, 0.15) is 0 Å². The normalized spacial score (nSPS) is 20.3. The average Bonchev–Trinajstić information content (AvgIpc) is 3.36. The van der Waals surface area contributed by atoms with E-state index in [1.54, 1.807) is 0 Å².